The maximum absolute atomic E-state index is 10.8. The molecule has 0 unspecified atom stereocenters. The van der Waals surface area contributed by atoms with Crippen molar-refractivity contribution in [3.8, 4) is 11.5 Å². The molecule has 0 saturated heterocycles. The lowest BCUT2D eigenvalue weighted by Crippen LogP contribution is -2.24. The first-order chi connectivity index (χ1) is 11.7. The number of nitrogens with one attached hydrogen (secondary N) is 2. The molecule has 1 amide bonds. The van der Waals surface area contributed by atoms with E-state index in [0.29, 0.717) is 13.2 Å². The Hall–Kier alpha value is -2.05. The Morgan fingerprint density at radius 1 is 1.21 bits per heavy atom. The molecule has 0 aliphatic rings. The van der Waals surface area contributed by atoms with Crippen LogP contribution in [-0.2, 0) is 17.9 Å². The van der Waals surface area contributed by atoms with E-state index in [2.05, 4.69) is 16.7 Å². The monoisotopic (exact) mass is 348 g/mol. The van der Waals surface area contributed by atoms with Gasteiger partial charge < -0.3 is 20.1 Å². The molecule has 0 fully saturated rings. The van der Waals surface area contributed by atoms with Crippen LogP contribution in [0.25, 0.3) is 0 Å². The van der Waals surface area contributed by atoms with Gasteiger partial charge in [-0.3, -0.25) is 4.79 Å². The van der Waals surface area contributed by atoms with Gasteiger partial charge in [0.15, 0.2) is 11.5 Å². The molecule has 1 aromatic carbocycles. The molecule has 0 aliphatic heterocycles. The van der Waals surface area contributed by atoms with E-state index in [0.717, 1.165) is 36.6 Å². The summed E-state index contributed by atoms with van der Waals surface area (Å²) < 4.78 is 11.3. The van der Waals surface area contributed by atoms with Gasteiger partial charge in [0, 0.05) is 24.9 Å². The zero-order valence-electron chi connectivity index (χ0n) is 14.1. The number of carbonyl (C=O) groups is 1. The third kappa shape index (κ3) is 6.22. The van der Waals surface area contributed by atoms with Gasteiger partial charge in [0.1, 0.15) is 6.61 Å². The minimum Gasteiger partial charge on any atom is -0.493 e. The lowest BCUT2D eigenvalue weighted by molar-refractivity contribution is -0.118. The summed E-state index contributed by atoms with van der Waals surface area (Å²) in [5, 5.41) is 8.17. The van der Waals surface area contributed by atoms with Crippen LogP contribution < -0.4 is 20.1 Å². The fraction of sp³-hybridized carbons (Fsp3) is 0.389. The number of hydrogen-bond acceptors (Lipinski definition) is 5. The number of rotatable bonds is 10. The van der Waals surface area contributed by atoms with Crippen LogP contribution in [0.1, 0.15) is 23.8 Å². The summed E-state index contributed by atoms with van der Waals surface area (Å²) in [4.78, 5) is 12.0. The summed E-state index contributed by atoms with van der Waals surface area (Å²) in [6, 6.07) is 10.0. The number of amides is 1. The Labute approximate surface area is 147 Å². The molecule has 5 nitrogen and oxygen atoms in total. The molecule has 0 atom stereocenters. The molecule has 1 aromatic heterocycles. The number of ether oxygens (including phenoxy) is 2. The summed E-state index contributed by atoms with van der Waals surface area (Å²) in [6.07, 6.45) is 0.902. The molecular weight excluding hydrogens is 324 g/mol. The average molecular weight is 348 g/mol. The van der Waals surface area contributed by atoms with Gasteiger partial charge in [-0.1, -0.05) is 12.1 Å². The topological polar surface area (TPSA) is 59.6 Å². The Balaban J connectivity index is 1.78. The van der Waals surface area contributed by atoms with Crippen molar-refractivity contribution in [3.05, 3.63) is 46.2 Å². The minimum atomic E-state index is 0.0119. The fourth-order valence-electron chi connectivity index (χ4n) is 2.20. The summed E-state index contributed by atoms with van der Waals surface area (Å²) in [5.74, 6) is 1.50. The molecular formula is C18H24N2O3S. The molecule has 0 spiro atoms. The third-order valence-corrected chi connectivity index (χ3v) is 4.26. The van der Waals surface area contributed by atoms with Gasteiger partial charge in [0.2, 0.25) is 5.91 Å². The Morgan fingerprint density at radius 3 is 2.79 bits per heavy atom. The van der Waals surface area contributed by atoms with Crippen LogP contribution in [0, 0.1) is 0 Å². The van der Waals surface area contributed by atoms with Gasteiger partial charge in [-0.2, -0.15) is 0 Å². The number of thiophene rings is 1. The maximum atomic E-state index is 10.8. The van der Waals surface area contributed by atoms with Crippen molar-refractivity contribution in [3.63, 3.8) is 0 Å². The molecule has 0 radical (unpaired) electrons. The summed E-state index contributed by atoms with van der Waals surface area (Å²) in [6.45, 7) is 4.37. The van der Waals surface area contributed by atoms with Crippen LogP contribution in [0.5, 0.6) is 11.5 Å². The normalized spacial score (nSPS) is 10.4. The van der Waals surface area contributed by atoms with Crippen LogP contribution in [-0.4, -0.2) is 26.1 Å². The number of carbonyl (C=O) groups excluding carboxylic acids is 1. The minimum absolute atomic E-state index is 0.0119. The van der Waals surface area contributed by atoms with Crippen molar-refractivity contribution in [1.29, 1.82) is 0 Å². The quantitative estimate of drug-likeness (QED) is 0.648. The first-order valence-corrected chi connectivity index (χ1v) is 8.84. The van der Waals surface area contributed by atoms with Crippen molar-refractivity contribution < 1.29 is 14.3 Å². The molecule has 2 N–H and O–H groups in total. The molecule has 0 saturated carbocycles. The van der Waals surface area contributed by atoms with E-state index in [1.54, 1.807) is 18.4 Å². The molecule has 24 heavy (non-hydrogen) atoms. The van der Waals surface area contributed by atoms with Crippen LogP contribution >= 0.6 is 11.3 Å². The highest BCUT2D eigenvalue weighted by Gasteiger charge is 2.06. The molecule has 6 heteroatoms. The van der Waals surface area contributed by atoms with Gasteiger partial charge in [0.25, 0.3) is 0 Å². The molecule has 0 aliphatic carbocycles. The van der Waals surface area contributed by atoms with Gasteiger partial charge in [-0.05, 0) is 42.1 Å². The van der Waals surface area contributed by atoms with Crippen LogP contribution in [0.3, 0.4) is 0 Å². The van der Waals surface area contributed by atoms with Crippen molar-refractivity contribution in [2.75, 3.05) is 20.2 Å². The molecule has 2 rings (SSSR count). The van der Waals surface area contributed by atoms with E-state index >= 15 is 0 Å². The van der Waals surface area contributed by atoms with Crippen molar-refractivity contribution >= 4 is 17.2 Å². The Morgan fingerprint density at radius 2 is 2.08 bits per heavy atom. The lowest BCUT2D eigenvalue weighted by Gasteiger charge is -2.12. The van der Waals surface area contributed by atoms with Gasteiger partial charge in [-0.15, -0.1) is 11.3 Å². The predicted octanol–water partition coefficient (Wildman–Crippen LogP) is 2.95. The number of methoxy groups -OCH3 is 1. The number of benzene rings is 1. The molecule has 0 bridgehead atoms. The van der Waals surface area contributed by atoms with Gasteiger partial charge in [-0.25, -0.2) is 0 Å². The first-order valence-electron chi connectivity index (χ1n) is 7.96. The molecule has 2 aromatic rings. The van der Waals surface area contributed by atoms with E-state index < -0.39 is 0 Å². The van der Waals surface area contributed by atoms with E-state index in [-0.39, 0.29) is 5.91 Å². The fourth-order valence-corrected chi connectivity index (χ4v) is 2.81. The first kappa shape index (κ1) is 18.3. The zero-order valence-corrected chi connectivity index (χ0v) is 14.9. The summed E-state index contributed by atoms with van der Waals surface area (Å²) in [5.41, 5.74) is 1.13. The lowest BCUT2D eigenvalue weighted by atomic mass is 10.2. The highest BCUT2D eigenvalue weighted by atomic mass is 32.1. The van der Waals surface area contributed by atoms with E-state index in [9.17, 15) is 4.79 Å². The van der Waals surface area contributed by atoms with Gasteiger partial charge in [0.05, 0.1) is 7.11 Å². The molecule has 1 heterocycles. The summed E-state index contributed by atoms with van der Waals surface area (Å²) in [7, 11) is 1.65. The number of hydrogen-bond donors (Lipinski definition) is 2. The standard InChI is InChI=1S/C18H24N2O3S/c1-14(21)20-9-4-8-19-12-15-6-7-17(18(11-15)22-2)23-13-16-5-3-10-24-16/h3,5-7,10-11,19H,4,8-9,12-13H2,1-2H3,(H,20,21). The third-order valence-electron chi connectivity index (χ3n) is 3.41. The van der Waals surface area contributed by atoms with E-state index in [1.807, 2.05) is 29.6 Å². The Bertz CT molecular complexity index is 629. The van der Waals surface area contributed by atoms with Crippen molar-refractivity contribution in [2.24, 2.45) is 0 Å². The average Bonchev–Trinajstić information content (AvgIpc) is 3.09. The zero-order chi connectivity index (χ0) is 17.2. The van der Waals surface area contributed by atoms with Crippen LogP contribution in [0.4, 0.5) is 0 Å². The van der Waals surface area contributed by atoms with E-state index in [1.165, 1.54) is 11.8 Å². The van der Waals surface area contributed by atoms with Crippen molar-refractivity contribution in [2.45, 2.75) is 26.5 Å². The second kappa shape index (κ2) is 9.95. The highest BCUT2D eigenvalue weighted by Crippen LogP contribution is 2.29. The largest absolute Gasteiger partial charge is 0.493 e. The van der Waals surface area contributed by atoms with Crippen LogP contribution in [0.15, 0.2) is 35.7 Å². The maximum Gasteiger partial charge on any atom is 0.216 e. The smallest absolute Gasteiger partial charge is 0.216 e. The van der Waals surface area contributed by atoms with Crippen molar-refractivity contribution in [1.82, 2.24) is 10.6 Å². The predicted molar refractivity (Wildman–Crippen MR) is 96.7 cm³/mol. The second-order valence-electron chi connectivity index (χ2n) is 5.37. The second-order valence-corrected chi connectivity index (χ2v) is 6.40. The SMILES string of the molecule is COc1cc(CNCCCNC(C)=O)ccc1OCc1cccs1. The molecule has 130 valence electrons. The van der Waals surface area contributed by atoms with E-state index in [4.69, 9.17) is 9.47 Å². The summed E-state index contributed by atoms with van der Waals surface area (Å²) >= 11 is 1.68. The Kier molecular flexibility index (Phi) is 7.58. The highest BCUT2D eigenvalue weighted by molar-refractivity contribution is 7.09. The van der Waals surface area contributed by atoms with Crippen LogP contribution in [0.2, 0.25) is 0 Å². The van der Waals surface area contributed by atoms with Gasteiger partial charge >= 0.3 is 0 Å².